The predicted molar refractivity (Wildman–Crippen MR) is 170 cm³/mol. The summed E-state index contributed by atoms with van der Waals surface area (Å²) in [4.78, 5) is 56.7. The maximum absolute atomic E-state index is 14.3. The first-order chi connectivity index (χ1) is 21.7. The van der Waals surface area contributed by atoms with Gasteiger partial charge in [0.05, 0.1) is 16.7 Å². The fraction of sp³-hybridized carbons (Fsp3) is 0.171. The predicted octanol–water partition coefficient (Wildman–Crippen LogP) is 6.16. The SMILES string of the molecule is CC(C)CC(C(=O)NNC(=O)c1ccc([N+](=O)[O-])cc1)N1C(=O)c2ccccc2C1c1c(-c2ccccc2)[nH]c2ccccc12. The van der Waals surface area contributed by atoms with E-state index < -0.39 is 28.8 Å². The number of amides is 3. The molecule has 0 aliphatic carbocycles. The van der Waals surface area contributed by atoms with Crippen molar-refractivity contribution in [2.45, 2.75) is 32.4 Å². The fourth-order valence-electron chi connectivity index (χ4n) is 6.03. The molecular formula is C35H31N5O5. The summed E-state index contributed by atoms with van der Waals surface area (Å²) in [5, 5.41) is 11.9. The lowest BCUT2D eigenvalue weighted by atomic mass is 9.91. The third kappa shape index (κ3) is 5.53. The Balaban J connectivity index is 1.41. The average molecular weight is 602 g/mol. The summed E-state index contributed by atoms with van der Waals surface area (Å²) in [6.07, 6.45) is 0.332. The summed E-state index contributed by atoms with van der Waals surface area (Å²) in [7, 11) is 0. The summed E-state index contributed by atoms with van der Waals surface area (Å²) in [5.41, 5.74) is 9.82. The van der Waals surface area contributed by atoms with Crippen molar-refractivity contribution in [2.24, 2.45) is 5.92 Å². The number of hydrazine groups is 1. The van der Waals surface area contributed by atoms with Gasteiger partial charge in [-0.25, -0.2) is 0 Å². The molecule has 2 atom stereocenters. The number of carbonyl (C=O) groups excluding carboxylic acids is 3. The Morgan fingerprint density at radius 3 is 2.27 bits per heavy atom. The Bertz CT molecular complexity index is 1920. The molecule has 0 bridgehead atoms. The van der Waals surface area contributed by atoms with E-state index in [4.69, 9.17) is 0 Å². The van der Waals surface area contributed by atoms with Crippen LogP contribution in [0.4, 0.5) is 5.69 Å². The molecule has 1 aliphatic rings. The molecule has 0 fully saturated rings. The summed E-state index contributed by atoms with van der Waals surface area (Å²) >= 11 is 0. The average Bonchev–Trinajstić information content (AvgIpc) is 3.57. The van der Waals surface area contributed by atoms with Crippen molar-refractivity contribution in [3.05, 3.63) is 135 Å². The van der Waals surface area contributed by atoms with E-state index in [9.17, 15) is 24.5 Å². The van der Waals surface area contributed by atoms with E-state index in [2.05, 4.69) is 15.8 Å². The zero-order valence-electron chi connectivity index (χ0n) is 24.7. The fourth-order valence-corrected chi connectivity index (χ4v) is 6.03. The van der Waals surface area contributed by atoms with Gasteiger partial charge in [0.15, 0.2) is 0 Å². The van der Waals surface area contributed by atoms with E-state index in [1.165, 1.54) is 24.3 Å². The smallest absolute Gasteiger partial charge is 0.269 e. The van der Waals surface area contributed by atoms with Gasteiger partial charge in [0, 0.05) is 39.7 Å². The number of nitrogens with one attached hydrogen (secondary N) is 3. The Morgan fingerprint density at radius 1 is 0.889 bits per heavy atom. The summed E-state index contributed by atoms with van der Waals surface area (Å²) < 4.78 is 0. The third-order valence-electron chi connectivity index (χ3n) is 8.05. The van der Waals surface area contributed by atoms with Crippen molar-refractivity contribution >= 4 is 34.3 Å². The van der Waals surface area contributed by atoms with Gasteiger partial charge in [-0.1, -0.05) is 80.6 Å². The van der Waals surface area contributed by atoms with Crippen molar-refractivity contribution in [1.29, 1.82) is 0 Å². The molecule has 10 heteroatoms. The number of benzene rings is 4. The quantitative estimate of drug-likeness (QED) is 0.144. The molecule has 6 rings (SSSR count). The number of nitro groups is 1. The number of hydrogen-bond donors (Lipinski definition) is 3. The molecule has 1 aromatic heterocycles. The lowest BCUT2D eigenvalue weighted by Gasteiger charge is -2.34. The number of rotatable bonds is 8. The van der Waals surface area contributed by atoms with Gasteiger partial charge in [-0.15, -0.1) is 0 Å². The van der Waals surface area contributed by atoms with Crippen LogP contribution in [0.25, 0.3) is 22.2 Å². The number of nitro benzene ring substituents is 1. The van der Waals surface area contributed by atoms with Crippen LogP contribution in [0.5, 0.6) is 0 Å². The van der Waals surface area contributed by atoms with Crippen LogP contribution in [0.3, 0.4) is 0 Å². The van der Waals surface area contributed by atoms with Crippen molar-refractivity contribution < 1.29 is 19.3 Å². The minimum Gasteiger partial charge on any atom is -0.354 e. The number of aromatic amines is 1. The van der Waals surface area contributed by atoms with E-state index in [1.807, 2.05) is 86.6 Å². The van der Waals surface area contributed by atoms with Gasteiger partial charge in [-0.05, 0) is 47.7 Å². The van der Waals surface area contributed by atoms with Crippen LogP contribution in [0.2, 0.25) is 0 Å². The minimum absolute atomic E-state index is 0.0276. The molecule has 2 heterocycles. The van der Waals surface area contributed by atoms with Gasteiger partial charge in [-0.3, -0.25) is 35.3 Å². The highest BCUT2D eigenvalue weighted by Gasteiger charge is 2.46. The molecular weight excluding hydrogens is 570 g/mol. The van der Waals surface area contributed by atoms with Crippen molar-refractivity contribution in [3.8, 4) is 11.3 Å². The Labute approximate surface area is 259 Å². The monoisotopic (exact) mass is 601 g/mol. The van der Waals surface area contributed by atoms with Gasteiger partial charge in [0.2, 0.25) is 0 Å². The molecule has 10 nitrogen and oxygen atoms in total. The second kappa shape index (κ2) is 12.1. The molecule has 3 amide bonds. The summed E-state index contributed by atoms with van der Waals surface area (Å²) in [5.74, 6) is -1.44. The number of aromatic nitrogens is 1. The number of non-ortho nitro benzene ring substituents is 1. The molecule has 4 aromatic carbocycles. The number of para-hydroxylation sites is 1. The molecule has 3 N–H and O–H groups in total. The number of hydrogen-bond acceptors (Lipinski definition) is 5. The van der Waals surface area contributed by atoms with E-state index in [-0.39, 0.29) is 23.1 Å². The second-order valence-corrected chi connectivity index (χ2v) is 11.4. The van der Waals surface area contributed by atoms with Gasteiger partial charge in [-0.2, -0.15) is 0 Å². The highest BCUT2D eigenvalue weighted by Crippen LogP contribution is 2.46. The zero-order valence-corrected chi connectivity index (χ0v) is 24.7. The highest BCUT2D eigenvalue weighted by molar-refractivity contribution is 6.04. The van der Waals surface area contributed by atoms with Crippen molar-refractivity contribution in [3.63, 3.8) is 0 Å². The molecule has 0 spiro atoms. The molecule has 2 unspecified atom stereocenters. The van der Waals surface area contributed by atoms with Gasteiger partial charge < -0.3 is 9.88 Å². The van der Waals surface area contributed by atoms with Crippen LogP contribution >= 0.6 is 0 Å². The maximum Gasteiger partial charge on any atom is 0.269 e. The first-order valence-electron chi connectivity index (χ1n) is 14.7. The molecule has 45 heavy (non-hydrogen) atoms. The molecule has 0 saturated heterocycles. The summed E-state index contributed by atoms with van der Waals surface area (Å²) in [6, 6.07) is 28.7. The standard InChI is InChI=1S/C35H31N5O5/c1-21(2)20-29(34(42)38-37-33(41)23-16-18-24(19-17-23)40(44)45)39-32(25-12-6-7-13-26(25)35(39)43)30-27-14-8-9-15-28(27)36-31(30)22-10-4-3-5-11-22/h3-19,21,29,32,36H,20H2,1-2H3,(H,37,41)(H,38,42). The van der Waals surface area contributed by atoms with Crippen LogP contribution in [-0.4, -0.2) is 38.6 Å². The van der Waals surface area contributed by atoms with E-state index in [0.29, 0.717) is 12.0 Å². The van der Waals surface area contributed by atoms with Crippen LogP contribution in [-0.2, 0) is 4.79 Å². The molecule has 1 aliphatic heterocycles. The van der Waals surface area contributed by atoms with Gasteiger partial charge in [0.25, 0.3) is 23.4 Å². The number of nitrogens with zero attached hydrogens (tertiary/aromatic N) is 2. The van der Waals surface area contributed by atoms with Crippen molar-refractivity contribution in [1.82, 2.24) is 20.7 Å². The van der Waals surface area contributed by atoms with Crippen LogP contribution in [0.15, 0.2) is 103 Å². The van der Waals surface area contributed by atoms with Gasteiger partial charge in [0.1, 0.15) is 6.04 Å². The normalized spacial score (nSPS) is 14.8. The Morgan fingerprint density at radius 2 is 1.56 bits per heavy atom. The lowest BCUT2D eigenvalue weighted by molar-refractivity contribution is -0.384. The van der Waals surface area contributed by atoms with Crippen LogP contribution in [0.1, 0.15) is 58.2 Å². The lowest BCUT2D eigenvalue weighted by Crippen LogP contribution is -2.53. The zero-order chi connectivity index (χ0) is 31.7. The number of fused-ring (bicyclic) bond motifs is 2. The van der Waals surface area contributed by atoms with Crippen LogP contribution in [0, 0.1) is 16.0 Å². The molecule has 226 valence electrons. The molecule has 0 radical (unpaired) electrons. The first kappa shape index (κ1) is 29.3. The van der Waals surface area contributed by atoms with Crippen LogP contribution < -0.4 is 10.9 Å². The summed E-state index contributed by atoms with van der Waals surface area (Å²) in [6.45, 7) is 3.94. The first-order valence-corrected chi connectivity index (χ1v) is 14.7. The van der Waals surface area contributed by atoms with E-state index in [1.54, 1.807) is 11.0 Å². The molecule has 5 aromatic rings. The largest absolute Gasteiger partial charge is 0.354 e. The van der Waals surface area contributed by atoms with E-state index in [0.717, 1.165) is 33.3 Å². The topological polar surface area (TPSA) is 137 Å². The Hall–Kier alpha value is -5.77. The van der Waals surface area contributed by atoms with Gasteiger partial charge >= 0.3 is 0 Å². The number of H-pyrrole nitrogens is 1. The maximum atomic E-state index is 14.3. The molecule has 0 saturated carbocycles. The number of carbonyl (C=O) groups is 3. The third-order valence-corrected chi connectivity index (χ3v) is 8.05. The van der Waals surface area contributed by atoms with E-state index >= 15 is 0 Å². The van der Waals surface area contributed by atoms with Crippen molar-refractivity contribution in [2.75, 3.05) is 0 Å². The highest BCUT2D eigenvalue weighted by atomic mass is 16.6. The minimum atomic E-state index is -0.940. The second-order valence-electron chi connectivity index (χ2n) is 11.4. The Kier molecular flexibility index (Phi) is 7.87.